The van der Waals surface area contributed by atoms with Gasteiger partial charge in [0.25, 0.3) is 10.1 Å². The van der Waals surface area contributed by atoms with Crippen molar-refractivity contribution in [3.63, 3.8) is 0 Å². The third kappa shape index (κ3) is 7.73. The monoisotopic (exact) mass is 575 g/mol. The summed E-state index contributed by atoms with van der Waals surface area (Å²) in [5.74, 6) is -14.0. The van der Waals surface area contributed by atoms with E-state index in [-0.39, 0.29) is 25.3 Å². The van der Waals surface area contributed by atoms with Crippen LogP contribution in [0.1, 0.15) is 38.7 Å². The first-order chi connectivity index (χ1) is 17.5. The maximum Gasteiger partial charge on any atom is 0.408 e. The van der Waals surface area contributed by atoms with E-state index in [0.29, 0.717) is 0 Å². The normalized spacial score (nSPS) is 18.1. The molecule has 1 aromatic carbocycles. The van der Waals surface area contributed by atoms with Crippen molar-refractivity contribution in [2.45, 2.75) is 57.2 Å². The lowest BCUT2D eigenvalue weighted by Crippen LogP contribution is -2.55. The quantitative estimate of drug-likeness (QED) is 0.114. The second kappa shape index (κ2) is 12.7. The minimum atomic E-state index is -5.10. The van der Waals surface area contributed by atoms with E-state index < -0.39 is 99.1 Å². The van der Waals surface area contributed by atoms with Crippen molar-refractivity contribution in [3.8, 4) is 0 Å². The highest BCUT2D eigenvalue weighted by molar-refractivity contribution is 7.86. The van der Waals surface area contributed by atoms with Crippen LogP contribution in [-0.2, 0) is 31.1 Å². The molecule has 1 aliphatic heterocycles. The van der Waals surface area contributed by atoms with Crippen LogP contribution in [0.15, 0.2) is 0 Å². The summed E-state index contributed by atoms with van der Waals surface area (Å²) in [7, 11) is -5.10. The van der Waals surface area contributed by atoms with Crippen LogP contribution in [0.5, 0.6) is 0 Å². The molecule has 0 bridgehead atoms. The van der Waals surface area contributed by atoms with E-state index in [2.05, 4.69) is 15.4 Å². The molecule has 17 heteroatoms. The molecular weight excluding hydrogens is 549 g/mol. The highest BCUT2D eigenvalue weighted by atomic mass is 32.2. The number of ether oxygens (including phenoxy) is 1. The zero-order chi connectivity index (χ0) is 28.9. The topological polar surface area (TPSA) is 171 Å². The SMILES string of the molecule is CC(C)C[C@H](NC(=O)OCc1c(F)c(F)c(F)c(F)c1F)C(=O)N[C@@H](C[C@@H]1CCNC1=O)C(O)S(=O)(=O)O. The first-order valence-electron chi connectivity index (χ1n) is 11.2. The molecule has 0 saturated carbocycles. The van der Waals surface area contributed by atoms with Crippen LogP contribution < -0.4 is 16.0 Å². The maximum atomic E-state index is 13.8. The molecule has 5 N–H and O–H groups in total. The second-order valence-electron chi connectivity index (χ2n) is 8.98. The third-order valence-electron chi connectivity index (χ3n) is 5.64. The van der Waals surface area contributed by atoms with Gasteiger partial charge in [0.05, 0.1) is 11.6 Å². The fourth-order valence-electron chi connectivity index (χ4n) is 3.72. The smallest absolute Gasteiger partial charge is 0.408 e. The van der Waals surface area contributed by atoms with Crippen LogP contribution in [0.3, 0.4) is 0 Å². The van der Waals surface area contributed by atoms with Crippen molar-refractivity contribution in [1.29, 1.82) is 0 Å². The molecule has 0 radical (unpaired) electrons. The Balaban J connectivity index is 2.17. The van der Waals surface area contributed by atoms with Gasteiger partial charge in [-0.2, -0.15) is 8.42 Å². The van der Waals surface area contributed by atoms with Crippen LogP contribution >= 0.6 is 0 Å². The van der Waals surface area contributed by atoms with Gasteiger partial charge in [-0.05, 0) is 25.2 Å². The Morgan fingerprint density at radius 3 is 2.08 bits per heavy atom. The number of hydrogen-bond donors (Lipinski definition) is 5. The van der Waals surface area contributed by atoms with Crippen LogP contribution in [0, 0.1) is 40.9 Å². The standard InChI is InChI=1S/C21H26F5N3O8S/c1-8(2)5-11(29-21(33)37-7-10-13(22)15(24)17(26)16(25)14(10)23)19(31)28-12(20(32)38(34,35)36)6-9-3-4-27-18(9)30/h8-9,11-12,20,32H,3-7H2,1-2H3,(H,27,30)(H,28,31)(H,29,33)(H,34,35,36)/t9-,11-,12-,20?/m0/s1. The van der Waals surface area contributed by atoms with Gasteiger partial charge in [0, 0.05) is 12.5 Å². The molecule has 1 aromatic rings. The molecule has 0 aliphatic carbocycles. The fraction of sp³-hybridized carbons (Fsp3) is 0.571. The van der Waals surface area contributed by atoms with Crippen LogP contribution in [0.25, 0.3) is 0 Å². The highest BCUT2D eigenvalue weighted by Gasteiger charge is 2.38. The summed E-state index contributed by atoms with van der Waals surface area (Å²) in [5.41, 5.74) is -3.96. The van der Waals surface area contributed by atoms with E-state index in [0.717, 1.165) is 0 Å². The molecule has 1 saturated heterocycles. The van der Waals surface area contributed by atoms with Gasteiger partial charge in [0.1, 0.15) is 12.6 Å². The Morgan fingerprint density at radius 1 is 1.05 bits per heavy atom. The molecule has 2 rings (SSSR count). The summed E-state index contributed by atoms with van der Waals surface area (Å²) < 4.78 is 104. The van der Waals surface area contributed by atoms with Crippen molar-refractivity contribution in [3.05, 3.63) is 34.6 Å². The number of nitrogens with one attached hydrogen (secondary N) is 3. The van der Waals surface area contributed by atoms with Crippen molar-refractivity contribution < 1.29 is 59.1 Å². The van der Waals surface area contributed by atoms with Crippen molar-refractivity contribution in [2.75, 3.05) is 6.54 Å². The van der Waals surface area contributed by atoms with Gasteiger partial charge < -0.3 is 25.8 Å². The Hall–Kier alpha value is -3.05. The van der Waals surface area contributed by atoms with E-state index >= 15 is 0 Å². The second-order valence-corrected chi connectivity index (χ2v) is 10.5. The lowest BCUT2D eigenvalue weighted by atomic mass is 9.97. The molecule has 1 unspecified atom stereocenters. The minimum absolute atomic E-state index is 0.123. The van der Waals surface area contributed by atoms with Gasteiger partial charge >= 0.3 is 6.09 Å². The lowest BCUT2D eigenvalue weighted by Gasteiger charge is -2.27. The van der Waals surface area contributed by atoms with Crippen LogP contribution in [-0.4, -0.2) is 60.0 Å². The summed E-state index contributed by atoms with van der Waals surface area (Å²) in [6, 6.07) is -3.19. The number of hydrogen-bond acceptors (Lipinski definition) is 7. The first kappa shape index (κ1) is 31.2. The van der Waals surface area contributed by atoms with Gasteiger partial charge in [-0.15, -0.1) is 0 Å². The Bertz CT molecular complexity index is 1150. The molecule has 214 valence electrons. The third-order valence-corrected chi connectivity index (χ3v) is 6.58. The number of carbonyl (C=O) groups is 3. The van der Waals surface area contributed by atoms with E-state index in [1.807, 2.05) is 5.32 Å². The molecule has 0 spiro atoms. The van der Waals surface area contributed by atoms with E-state index in [1.165, 1.54) is 0 Å². The molecule has 4 atom stereocenters. The molecule has 1 heterocycles. The summed E-state index contributed by atoms with van der Waals surface area (Å²) >= 11 is 0. The largest absolute Gasteiger partial charge is 0.444 e. The average molecular weight is 576 g/mol. The number of carbonyl (C=O) groups excluding carboxylic acids is 3. The van der Waals surface area contributed by atoms with E-state index in [4.69, 9.17) is 0 Å². The highest BCUT2D eigenvalue weighted by Crippen LogP contribution is 2.24. The number of amides is 3. The van der Waals surface area contributed by atoms with Crippen molar-refractivity contribution in [2.24, 2.45) is 11.8 Å². The number of halogens is 5. The molecule has 38 heavy (non-hydrogen) atoms. The van der Waals surface area contributed by atoms with Gasteiger partial charge in [-0.3, -0.25) is 14.1 Å². The summed E-state index contributed by atoms with van der Waals surface area (Å²) in [6.45, 7) is 2.11. The average Bonchev–Trinajstić information content (AvgIpc) is 3.23. The summed E-state index contributed by atoms with van der Waals surface area (Å²) in [6.07, 6.45) is -1.77. The maximum absolute atomic E-state index is 13.8. The lowest BCUT2D eigenvalue weighted by molar-refractivity contribution is -0.126. The number of aliphatic hydroxyl groups excluding tert-OH is 1. The Kier molecular flexibility index (Phi) is 10.4. The predicted octanol–water partition coefficient (Wildman–Crippen LogP) is 1.24. The molecule has 1 fully saturated rings. The van der Waals surface area contributed by atoms with Crippen molar-refractivity contribution in [1.82, 2.24) is 16.0 Å². The Labute approximate surface area is 213 Å². The fourth-order valence-corrected chi connectivity index (χ4v) is 4.31. The molecule has 11 nitrogen and oxygen atoms in total. The minimum Gasteiger partial charge on any atom is -0.444 e. The summed E-state index contributed by atoms with van der Waals surface area (Å²) in [5, 5.41) is 16.7. The molecule has 0 aromatic heterocycles. The van der Waals surface area contributed by atoms with E-state index in [9.17, 15) is 54.4 Å². The van der Waals surface area contributed by atoms with Gasteiger partial charge in [0.15, 0.2) is 23.3 Å². The van der Waals surface area contributed by atoms with Crippen LogP contribution in [0.4, 0.5) is 26.7 Å². The van der Waals surface area contributed by atoms with Crippen molar-refractivity contribution >= 4 is 28.0 Å². The van der Waals surface area contributed by atoms with Gasteiger partial charge in [0.2, 0.25) is 23.1 Å². The van der Waals surface area contributed by atoms with Gasteiger partial charge in [-0.1, -0.05) is 13.8 Å². The number of aliphatic hydroxyl groups is 1. The molecule has 1 aliphatic rings. The summed E-state index contributed by atoms with van der Waals surface area (Å²) in [4.78, 5) is 37.0. The first-order valence-corrected chi connectivity index (χ1v) is 12.7. The zero-order valence-electron chi connectivity index (χ0n) is 20.1. The zero-order valence-corrected chi connectivity index (χ0v) is 20.9. The Morgan fingerprint density at radius 2 is 1.61 bits per heavy atom. The predicted molar refractivity (Wildman–Crippen MR) is 118 cm³/mol. The van der Waals surface area contributed by atoms with Gasteiger partial charge in [-0.25, -0.2) is 26.7 Å². The number of alkyl carbamates (subject to hydrolysis) is 1. The molecule has 3 amide bonds. The number of benzene rings is 1. The number of rotatable bonds is 11. The van der Waals surface area contributed by atoms with Crippen LogP contribution in [0.2, 0.25) is 0 Å². The van der Waals surface area contributed by atoms with E-state index in [1.54, 1.807) is 13.8 Å². The molecular formula is C21H26F5N3O8S.